The van der Waals surface area contributed by atoms with Gasteiger partial charge in [0.05, 0.1) is 23.1 Å². The van der Waals surface area contributed by atoms with Crippen LogP contribution in [-0.2, 0) is 11.5 Å². The number of piperidine rings is 1. The first-order valence-electron chi connectivity index (χ1n) is 12.2. The van der Waals surface area contributed by atoms with Gasteiger partial charge in [-0.05, 0) is 77.1 Å². The lowest BCUT2D eigenvalue weighted by Gasteiger charge is -2.39. The first-order chi connectivity index (χ1) is 16.4. The highest BCUT2D eigenvalue weighted by Crippen LogP contribution is 2.38. The molecule has 0 radical (unpaired) electrons. The number of halogens is 1. The number of amides is 1. The Morgan fingerprint density at radius 1 is 1.23 bits per heavy atom. The number of nitrogens with zero attached hydrogens (tertiary/aromatic N) is 4. The molecule has 1 amide bonds. The Morgan fingerprint density at radius 3 is 2.60 bits per heavy atom. The van der Waals surface area contributed by atoms with Gasteiger partial charge < -0.3 is 14.6 Å². The number of rotatable bonds is 6. The molecule has 1 N–H and O–H groups in total. The van der Waals surface area contributed by atoms with Crippen LogP contribution in [0.2, 0.25) is 18.1 Å². The van der Waals surface area contributed by atoms with Crippen LogP contribution in [-0.4, -0.2) is 48.7 Å². The topological polar surface area (TPSA) is 72.3 Å². The number of fused-ring (bicyclic) bond motifs is 1. The fourth-order valence-corrected chi connectivity index (χ4v) is 5.58. The van der Waals surface area contributed by atoms with Gasteiger partial charge in [0.2, 0.25) is 0 Å². The summed E-state index contributed by atoms with van der Waals surface area (Å²) in [5.41, 5.74) is 3.22. The zero-order valence-corrected chi connectivity index (χ0v) is 24.1. The van der Waals surface area contributed by atoms with E-state index in [4.69, 9.17) is 4.43 Å². The van der Waals surface area contributed by atoms with E-state index >= 15 is 0 Å². The summed E-state index contributed by atoms with van der Waals surface area (Å²) in [6, 6.07) is 9.49. The number of pyridine rings is 1. The van der Waals surface area contributed by atoms with E-state index < -0.39 is 8.32 Å². The standard InChI is InChI=1S/C26H36BrN5O2Si/c1-26(2,3)35(5,6)34-17-18-10-12-32(13-11-18)23-15-22-19(16-28-31(22)4)14-21(23)30-25(33)20-8-7-9-24(27)29-20/h7-9,14-16,18H,10-13,17H2,1-6H3,(H,30,33). The van der Waals surface area contributed by atoms with Crippen LogP contribution >= 0.6 is 15.9 Å². The van der Waals surface area contributed by atoms with Crippen LogP contribution in [0.3, 0.4) is 0 Å². The van der Waals surface area contributed by atoms with E-state index in [0.29, 0.717) is 16.2 Å². The van der Waals surface area contributed by atoms with Gasteiger partial charge in [-0.15, -0.1) is 0 Å². The van der Waals surface area contributed by atoms with Gasteiger partial charge in [-0.2, -0.15) is 5.10 Å². The third-order valence-corrected chi connectivity index (χ3v) is 12.4. The minimum atomic E-state index is -1.74. The van der Waals surface area contributed by atoms with Crippen molar-refractivity contribution in [3.63, 3.8) is 0 Å². The molecule has 4 rings (SSSR count). The summed E-state index contributed by atoms with van der Waals surface area (Å²) in [6.07, 6.45) is 3.97. The van der Waals surface area contributed by atoms with Gasteiger partial charge in [0.25, 0.3) is 5.91 Å². The molecule has 7 nitrogen and oxygen atoms in total. The van der Waals surface area contributed by atoms with Crippen LogP contribution < -0.4 is 10.2 Å². The average molecular weight is 559 g/mol. The Labute approximate surface area is 217 Å². The largest absolute Gasteiger partial charge is 0.417 e. The summed E-state index contributed by atoms with van der Waals surface area (Å²) in [4.78, 5) is 19.7. The van der Waals surface area contributed by atoms with E-state index in [2.05, 4.69) is 76.2 Å². The van der Waals surface area contributed by atoms with Crippen LogP contribution in [0.15, 0.2) is 41.1 Å². The minimum absolute atomic E-state index is 0.225. The van der Waals surface area contributed by atoms with Gasteiger partial charge in [0.1, 0.15) is 10.3 Å². The normalized spacial score (nSPS) is 15.6. The number of nitrogens with one attached hydrogen (secondary N) is 1. The molecule has 0 atom stereocenters. The second-order valence-corrected chi connectivity index (χ2v) is 16.6. The van der Waals surface area contributed by atoms with Gasteiger partial charge in [-0.25, -0.2) is 4.98 Å². The quantitative estimate of drug-likeness (QED) is 0.287. The molecule has 3 aromatic rings. The van der Waals surface area contributed by atoms with Gasteiger partial charge >= 0.3 is 0 Å². The van der Waals surface area contributed by atoms with Gasteiger partial charge in [-0.3, -0.25) is 9.48 Å². The van der Waals surface area contributed by atoms with Gasteiger partial charge in [-0.1, -0.05) is 26.8 Å². The second kappa shape index (κ2) is 10.0. The van der Waals surface area contributed by atoms with Crippen molar-refractivity contribution >= 4 is 52.4 Å². The predicted molar refractivity (Wildman–Crippen MR) is 149 cm³/mol. The second-order valence-electron chi connectivity index (χ2n) is 11.0. The molecule has 0 saturated carbocycles. The van der Waals surface area contributed by atoms with E-state index in [1.807, 2.05) is 36.1 Å². The van der Waals surface area contributed by atoms with Crippen molar-refractivity contribution in [2.45, 2.75) is 51.7 Å². The Morgan fingerprint density at radius 2 is 1.94 bits per heavy atom. The number of aromatic nitrogens is 3. The molecule has 1 saturated heterocycles. The van der Waals surface area contributed by atoms with E-state index in [1.54, 1.807) is 6.07 Å². The van der Waals surface area contributed by atoms with Gasteiger partial charge in [0.15, 0.2) is 8.32 Å². The number of carbonyl (C=O) groups is 1. The Bertz CT molecular complexity index is 1210. The monoisotopic (exact) mass is 557 g/mol. The maximum atomic E-state index is 13.0. The lowest BCUT2D eigenvalue weighted by atomic mass is 9.97. The van der Waals surface area contributed by atoms with E-state index in [1.165, 1.54) is 0 Å². The number of carbonyl (C=O) groups excluding carboxylic acids is 1. The van der Waals surface area contributed by atoms with Crippen LogP contribution in [0.5, 0.6) is 0 Å². The highest BCUT2D eigenvalue weighted by atomic mass is 79.9. The maximum absolute atomic E-state index is 13.0. The number of hydrogen-bond donors (Lipinski definition) is 1. The van der Waals surface area contributed by atoms with E-state index in [0.717, 1.165) is 54.8 Å². The fraction of sp³-hybridized carbons (Fsp3) is 0.500. The molecule has 188 valence electrons. The summed E-state index contributed by atoms with van der Waals surface area (Å²) in [7, 11) is 0.202. The summed E-state index contributed by atoms with van der Waals surface area (Å²) in [6.45, 7) is 14.2. The van der Waals surface area contributed by atoms with Crippen LogP contribution in [0.4, 0.5) is 11.4 Å². The molecule has 1 aliphatic heterocycles. The van der Waals surface area contributed by atoms with Crippen molar-refractivity contribution in [3.8, 4) is 0 Å². The molecule has 35 heavy (non-hydrogen) atoms. The molecule has 1 fully saturated rings. The molecule has 0 spiro atoms. The molecule has 1 aromatic carbocycles. The highest BCUT2D eigenvalue weighted by Gasteiger charge is 2.38. The Balaban J connectivity index is 1.51. The van der Waals surface area contributed by atoms with Crippen molar-refractivity contribution in [2.24, 2.45) is 13.0 Å². The zero-order chi connectivity index (χ0) is 25.4. The molecule has 3 heterocycles. The number of aryl methyl sites for hydroxylation is 1. The Kier molecular flexibility index (Phi) is 7.40. The SMILES string of the molecule is Cn1ncc2cc(NC(=O)c3cccc(Br)n3)c(N3CCC(CO[Si](C)(C)C(C)(C)C)CC3)cc21. The van der Waals surface area contributed by atoms with Crippen molar-refractivity contribution in [1.82, 2.24) is 14.8 Å². The Hall–Kier alpha value is -2.23. The number of hydrogen-bond acceptors (Lipinski definition) is 5. The first-order valence-corrected chi connectivity index (χ1v) is 15.9. The molecule has 2 aromatic heterocycles. The summed E-state index contributed by atoms with van der Waals surface area (Å²) in [5, 5.41) is 8.73. The molecular weight excluding hydrogens is 522 g/mol. The van der Waals surface area contributed by atoms with Crippen molar-refractivity contribution in [3.05, 3.63) is 46.8 Å². The first kappa shape index (κ1) is 25.8. The third kappa shape index (κ3) is 5.78. The summed E-state index contributed by atoms with van der Waals surface area (Å²) < 4.78 is 9.02. The predicted octanol–water partition coefficient (Wildman–Crippen LogP) is 6.22. The third-order valence-electron chi connectivity index (χ3n) is 7.50. The summed E-state index contributed by atoms with van der Waals surface area (Å²) in [5.74, 6) is 0.332. The van der Waals surface area contributed by atoms with Crippen molar-refractivity contribution in [2.75, 3.05) is 29.9 Å². The van der Waals surface area contributed by atoms with Crippen molar-refractivity contribution < 1.29 is 9.22 Å². The van der Waals surface area contributed by atoms with E-state index in [-0.39, 0.29) is 10.9 Å². The number of anilines is 2. The summed E-state index contributed by atoms with van der Waals surface area (Å²) >= 11 is 3.35. The molecule has 1 aliphatic rings. The van der Waals surface area contributed by atoms with Gasteiger partial charge in [0, 0.05) is 32.1 Å². The average Bonchev–Trinajstić information content (AvgIpc) is 3.16. The molecule has 0 aliphatic carbocycles. The van der Waals surface area contributed by atoms with Crippen LogP contribution in [0, 0.1) is 5.92 Å². The number of benzene rings is 1. The van der Waals surface area contributed by atoms with E-state index in [9.17, 15) is 4.79 Å². The molecule has 0 unspecified atom stereocenters. The maximum Gasteiger partial charge on any atom is 0.274 e. The lowest BCUT2D eigenvalue weighted by Crippen LogP contribution is -2.43. The van der Waals surface area contributed by atoms with Crippen LogP contribution in [0.1, 0.15) is 44.1 Å². The zero-order valence-electron chi connectivity index (χ0n) is 21.6. The molecule has 0 bridgehead atoms. The smallest absolute Gasteiger partial charge is 0.274 e. The molecule has 9 heteroatoms. The minimum Gasteiger partial charge on any atom is -0.417 e. The lowest BCUT2D eigenvalue weighted by molar-refractivity contribution is 0.102. The van der Waals surface area contributed by atoms with Crippen LogP contribution in [0.25, 0.3) is 10.9 Å². The van der Waals surface area contributed by atoms with Crippen molar-refractivity contribution in [1.29, 1.82) is 0 Å². The fourth-order valence-electron chi connectivity index (χ4n) is 4.15. The highest BCUT2D eigenvalue weighted by molar-refractivity contribution is 9.10. The molecular formula is C26H36BrN5O2Si.